The van der Waals surface area contributed by atoms with Crippen LogP contribution in [0.2, 0.25) is 0 Å². The van der Waals surface area contributed by atoms with Crippen molar-refractivity contribution in [3.63, 3.8) is 0 Å². The summed E-state index contributed by atoms with van der Waals surface area (Å²) >= 11 is 3.57. The molecule has 0 fully saturated rings. The van der Waals surface area contributed by atoms with E-state index in [1.54, 1.807) is 0 Å². The average molecular weight is 136 g/mol. The molecule has 0 N–H and O–H groups in total. The van der Waals surface area contributed by atoms with Gasteiger partial charge in [0.2, 0.25) is 0 Å². The van der Waals surface area contributed by atoms with Crippen LogP contribution in [0, 0.1) is 0 Å². The van der Waals surface area contributed by atoms with Crippen molar-refractivity contribution >= 4 is 20.8 Å². The molecule has 0 aliphatic rings. The molecule has 0 aromatic heterocycles. The van der Waals surface area contributed by atoms with Crippen molar-refractivity contribution in [1.82, 2.24) is 0 Å². The van der Waals surface area contributed by atoms with Crippen molar-refractivity contribution in [2.24, 2.45) is 0 Å². The third-order valence-electron chi connectivity index (χ3n) is 0. The fourth-order valence-electron chi connectivity index (χ4n) is 0. The Bertz CT molecular complexity index is 56.0. The van der Waals surface area contributed by atoms with Crippen molar-refractivity contribution in [2.45, 2.75) is 0 Å². The van der Waals surface area contributed by atoms with Crippen LogP contribution in [0.1, 0.15) is 0 Å². The topological polar surface area (TPSA) is 40.1 Å². The van der Waals surface area contributed by atoms with Crippen molar-refractivity contribution in [1.29, 1.82) is 0 Å². The number of hydrogen-bond donors (Lipinski definition) is 1. The number of rotatable bonds is 0. The molecule has 1 atom stereocenters. The third kappa shape index (κ3) is 24.3. The molecule has 0 amide bonds. The van der Waals surface area contributed by atoms with Crippen LogP contribution in [0.3, 0.4) is 0 Å². The van der Waals surface area contributed by atoms with E-state index < -0.39 is 9.64 Å². The van der Waals surface area contributed by atoms with Crippen molar-refractivity contribution < 1.29 is 60.1 Å². The van der Waals surface area contributed by atoms with Crippen LogP contribution >= 0.6 is 0 Å². The van der Waals surface area contributed by atoms with E-state index in [2.05, 4.69) is 11.2 Å². The predicted octanol–water partition coefficient (Wildman–Crippen LogP) is -3.94. The van der Waals surface area contributed by atoms with E-state index in [0.29, 0.717) is 0 Å². The minimum Gasteiger partial charge on any atom is -0.772 e. The second-order valence-electron chi connectivity index (χ2n) is 0.224. The average Bonchev–Trinajstić information content (AvgIpc) is 0.811. The summed E-state index contributed by atoms with van der Waals surface area (Å²) in [5, 5.41) is 0. The molecule has 0 radical (unpaired) electrons. The summed E-state index contributed by atoms with van der Waals surface area (Å²) in [6.07, 6.45) is 0. The van der Waals surface area contributed by atoms with Gasteiger partial charge in [0, 0.05) is 0 Å². The Morgan fingerprint density at radius 1 is 1.80 bits per heavy atom. The molecule has 0 spiro atoms. The molecular weight excluding hydrogens is 135 g/mol. The molecule has 0 heterocycles. The van der Waals surface area contributed by atoms with E-state index in [4.69, 9.17) is 8.76 Å². The molecule has 1 unspecified atom stereocenters. The maximum atomic E-state index is 8.85. The second-order valence-corrected chi connectivity index (χ2v) is 1.57. The number of thiol groups is 1. The van der Waals surface area contributed by atoms with Gasteiger partial charge in [-0.25, -0.2) is 0 Å². The summed E-state index contributed by atoms with van der Waals surface area (Å²) in [6.45, 7) is 0. The molecule has 0 bridgehead atoms. The molecule has 0 aliphatic heterocycles. The Labute approximate surface area is 79.3 Å². The predicted molar refractivity (Wildman–Crippen MR) is 17.7 cm³/mol. The molecular formula is HKO2S2. The van der Waals surface area contributed by atoms with Crippen LogP contribution in [-0.2, 0) is 20.8 Å². The van der Waals surface area contributed by atoms with Crippen molar-refractivity contribution in [3.8, 4) is 0 Å². The van der Waals surface area contributed by atoms with Gasteiger partial charge >= 0.3 is 51.4 Å². The van der Waals surface area contributed by atoms with E-state index >= 15 is 0 Å². The van der Waals surface area contributed by atoms with Gasteiger partial charge in [-0.05, 0) is 20.8 Å². The summed E-state index contributed by atoms with van der Waals surface area (Å²) in [4.78, 5) is 0. The van der Waals surface area contributed by atoms with Gasteiger partial charge in [0.25, 0.3) is 0 Å². The van der Waals surface area contributed by atoms with Gasteiger partial charge in [0.1, 0.15) is 0 Å². The minimum absolute atomic E-state index is 0. The fourth-order valence-corrected chi connectivity index (χ4v) is 0. The zero-order chi connectivity index (χ0) is 3.58. The van der Waals surface area contributed by atoms with Gasteiger partial charge in [-0.1, -0.05) is 0 Å². The molecule has 26 valence electrons. The normalized spacial score (nSPS) is 12.2. The van der Waals surface area contributed by atoms with Crippen molar-refractivity contribution in [2.75, 3.05) is 0 Å². The molecule has 0 aromatic carbocycles. The first-order valence-corrected chi connectivity index (χ1v) is 2.74. The Balaban J connectivity index is 0. The van der Waals surface area contributed by atoms with E-state index in [9.17, 15) is 0 Å². The molecule has 0 saturated heterocycles. The molecule has 5 heavy (non-hydrogen) atoms. The third-order valence-corrected chi connectivity index (χ3v) is 0. The van der Waals surface area contributed by atoms with Gasteiger partial charge in [-0.2, -0.15) is 0 Å². The van der Waals surface area contributed by atoms with Crippen LogP contribution in [-0.4, -0.2) is 8.76 Å². The first kappa shape index (κ1) is 10.1. The standard InChI is InChI=1S/K.H2O2S2/c;1-4(2)3/h;4H,(H,1,2,3)/q+1;/p-1. The largest absolute Gasteiger partial charge is 1.00 e. The van der Waals surface area contributed by atoms with Crippen LogP contribution in [0.4, 0.5) is 0 Å². The maximum absolute atomic E-state index is 8.85. The first-order chi connectivity index (χ1) is 1.73. The molecule has 5 heteroatoms. The summed E-state index contributed by atoms with van der Waals surface area (Å²) in [7, 11) is -2.54. The fraction of sp³-hybridized carbons (Fsp3) is 0. The molecule has 0 saturated carbocycles. The van der Waals surface area contributed by atoms with E-state index in [-0.39, 0.29) is 51.4 Å². The SMILES string of the molecule is O=[SH]([O-])=S.[K+]. The Morgan fingerprint density at radius 2 is 1.80 bits per heavy atom. The minimum atomic E-state index is -2.54. The zero-order valence-corrected chi connectivity index (χ0v) is 7.51. The van der Waals surface area contributed by atoms with Crippen LogP contribution < -0.4 is 51.4 Å². The Kier molecular flexibility index (Phi) is 12.0. The van der Waals surface area contributed by atoms with Gasteiger partial charge < -0.3 is 4.55 Å². The van der Waals surface area contributed by atoms with Crippen LogP contribution in [0.25, 0.3) is 0 Å². The summed E-state index contributed by atoms with van der Waals surface area (Å²) in [5.41, 5.74) is 0. The second kappa shape index (κ2) is 5.97. The summed E-state index contributed by atoms with van der Waals surface area (Å²) in [6, 6.07) is 0. The molecule has 2 nitrogen and oxygen atoms in total. The monoisotopic (exact) mass is 136 g/mol. The van der Waals surface area contributed by atoms with E-state index in [0.717, 1.165) is 0 Å². The molecule has 0 aliphatic carbocycles. The maximum Gasteiger partial charge on any atom is 1.00 e. The van der Waals surface area contributed by atoms with Crippen molar-refractivity contribution in [3.05, 3.63) is 0 Å². The number of hydrogen-bond acceptors (Lipinski definition) is 3. The Hall–Kier alpha value is 1.97. The van der Waals surface area contributed by atoms with Crippen LogP contribution in [0.5, 0.6) is 0 Å². The Morgan fingerprint density at radius 3 is 1.80 bits per heavy atom. The van der Waals surface area contributed by atoms with Gasteiger partial charge in [-0.15, -0.1) is 0 Å². The van der Waals surface area contributed by atoms with E-state index in [1.807, 2.05) is 0 Å². The smallest absolute Gasteiger partial charge is 0.772 e. The summed E-state index contributed by atoms with van der Waals surface area (Å²) < 4.78 is 17.7. The van der Waals surface area contributed by atoms with Crippen LogP contribution in [0.15, 0.2) is 0 Å². The van der Waals surface area contributed by atoms with Gasteiger partial charge in [0.15, 0.2) is 0 Å². The first-order valence-electron chi connectivity index (χ1n) is 0.548. The molecule has 0 rings (SSSR count). The quantitative estimate of drug-likeness (QED) is 0.273. The molecule has 0 aromatic rings. The van der Waals surface area contributed by atoms with Gasteiger partial charge in [0.05, 0.1) is 0 Å². The van der Waals surface area contributed by atoms with Gasteiger partial charge in [-0.3, -0.25) is 4.21 Å². The summed E-state index contributed by atoms with van der Waals surface area (Å²) in [5.74, 6) is 0. The zero-order valence-electron chi connectivity index (χ0n) is 2.67. The van der Waals surface area contributed by atoms with E-state index in [1.165, 1.54) is 0 Å².